The van der Waals surface area contributed by atoms with E-state index in [-0.39, 0.29) is 10.8 Å². The fourth-order valence-electron chi connectivity index (χ4n) is 3.69. The van der Waals surface area contributed by atoms with Gasteiger partial charge in [0.15, 0.2) is 5.13 Å². The summed E-state index contributed by atoms with van der Waals surface area (Å²) in [5.74, 6) is 0.322. The number of fused-ring (bicyclic) bond motifs is 1. The van der Waals surface area contributed by atoms with E-state index >= 15 is 0 Å². The van der Waals surface area contributed by atoms with Gasteiger partial charge in [-0.15, -0.1) is 0 Å². The molecule has 0 spiro atoms. The number of carbonyl (C=O) groups excluding carboxylic acids is 1. The Balaban J connectivity index is 1.98. The van der Waals surface area contributed by atoms with Gasteiger partial charge in [0.25, 0.3) is 5.91 Å². The molecule has 0 radical (unpaired) electrons. The second-order valence-electron chi connectivity index (χ2n) is 8.15. The second kappa shape index (κ2) is 11.7. The zero-order valence-electron chi connectivity index (χ0n) is 20.6. The largest absolute Gasteiger partial charge is 0.494 e. The third kappa shape index (κ3) is 5.95. The molecule has 190 valence electrons. The summed E-state index contributed by atoms with van der Waals surface area (Å²) < 4.78 is 33.2. The predicted octanol–water partition coefficient (Wildman–Crippen LogP) is 4.59. The molecule has 0 atom stereocenters. The van der Waals surface area contributed by atoms with Crippen molar-refractivity contribution in [3.8, 4) is 5.75 Å². The molecule has 0 N–H and O–H groups in total. The zero-order chi connectivity index (χ0) is 25.8. The van der Waals surface area contributed by atoms with Crippen molar-refractivity contribution in [1.29, 1.82) is 0 Å². The molecule has 0 bridgehead atoms. The molecule has 0 saturated heterocycles. The molecule has 3 rings (SSSR count). The van der Waals surface area contributed by atoms with Crippen molar-refractivity contribution >= 4 is 54.2 Å². The maximum atomic E-state index is 13.6. The van der Waals surface area contributed by atoms with Crippen molar-refractivity contribution in [2.24, 2.45) is 0 Å². The Morgan fingerprint density at radius 3 is 2.29 bits per heavy atom. The molecule has 8 nitrogen and oxygen atoms in total. The van der Waals surface area contributed by atoms with Crippen molar-refractivity contribution in [2.45, 2.75) is 25.2 Å². The number of methoxy groups -OCH3 is 1. The van der Waals surface area contributed by atoms with E-state index in [1.54, 1.807) is 50.1 Å². The number of rotatable bonds is 11. The highest BCUT2D eigenvalue weighted by Crippen LogP contribution is 2.39. The number of hydrogen-bond acceptors (Lipinski definition) is 7. The Kier molecular flexibility index (Phi) is 9.11. The minimum absolute atomic E-state index is 0.161. The van der Waals surface area contributed by atoms with Gasteiger partial charge in [0.2, 0.25) is 10.0 Å². The standard InChI is InChI=1S/C24H31ClN4O4S2/c1-6-28(7-2)35(31,32)18-11-9-17(10-12-18)23(30)29(16-8-15-27(3)4)24-26-21-20(33-5)14-13-19(25)22(21)34-24/h9-14H,6-8,15-16H2,1-5H3. The van der Waals surface area contributed by atoms with Gasteiger partial charge in [0.1, 0.15) is 11.3 Å². The van der Waals surface area contributed by atoms with E-state index in [0.29, 0.717) is 46.6 Å². The first-order valence-corrected chi connectivity index (χ1v) is 14.0. The third-order valence-corrected chi connectivity index (χ3v) is 9.18. The van der Waals surface area contributed by atoms with E-state index in [9.17, 15) is 13.2 Å². The van der Waals surface area contributed by atoms with Crippen LogP contribution in [0.15, 0.2) is 41.3 Å². The fraction of sp³-hybridized carbons (Fsp3) is 0.417. The van der Waals surface area contributed by atoms with Gasteiger partial charge in [-0.25, -0.2) is 13.4 Å². The van der Waals surface area contributed by atoms with E-state index in [1.807, 2.05) is 19.0 Å². The summed E-state index contributed by atoms with van der Waals surface area (Å²) in [4.78, 5) is 22.1. The summed E-state index contributed by atoms with van der Waals surface area (Å²) in [5, 5.41) is 1.05. The minimum Gasteiger partial charge on any atom is -0.494 e. The maximum Gasteiger partial charge on any atom is 0.260 e. The number of thiazole rings is 1. The lowest BCUT2D eigenvalue weighted by molar-refractivity contribution is 0.0986. The third-order valence-electron chi connectivity index (χ3n) is 5.57. The first-order chi connectivity index (χ1) is 16.6. The van der Waals surface area contributed by atoms with Crippen LogP contribution in [0.1, 0.15) is 30.6 Å². The molecule has 3 aromatic rings. The molecule has 0 saturated carbocycles. The smallest absolute Gasteiger partial charge is 0.260 e. The van der Waals surface area contributed by atoms with Crippen LogP contribution >= 0.6 is 22.9 Å². The average molecular weight is 539 g/mol. The van der Waals surface area contributed by atoms with Crippen molar-refractivity contribution in [2.75, 3.05) is 52.3 Å². The lowest BCUT2D eigenvalue weighted by Crippen LogP contribution is -2.33. The Morgan fingerprint density at radius 2 is 1.71 bits per heavy atom. The number of halogens is 1. The van der Waals surface area contributed by atoms with Crippen LogP contribution in [0.5, 0.6) is 5.75 Å². The number of carbonyl (C=O) groups is 1. The Hall–Kier alpha value is -2.24. The fourth-order valence-corrected chi connectivity index (χ4v) is 6.43. The van der Waals surface area contributed by atoms with Gasteiger partial charge in [0.05, 0.1) is 21.7 Å². The van der Waals surface area contributed by atoms with Crippen molar-refractivity contribution < 1.29 is 17.9 Å². The molecule has 0 fully saturated rings. The average Bonchev–Trinajstić information content (AvgIpc) is 3.28. The van der Waals surface area contributed by atoms with E-state index in [4.69, 9.17) is 16.3 Å². The molecule has 11 heteroatoms. The van der Waals surface area contributed by atoms with Crippen molar-refractivity contribution in [1.82, 2.24) is 14.2 Å². The summed E-state index contributed by atoms with van der Waals surface area (Å²) >= 11 is 7.73. The summed E-state index contributed by atoms with van der Waals surface area (Å²) in [7, 11) is 1.91. The number of aromatic nitrogens is 1. The van der Waals surface area contributed by atoms with Gasteiger partial charge in [-0.2, -0.15) is 4.31 Å². The quantitative estimate of drug-likeness (QED) is 0.355. The van der Waals surface area contributed by atoms with Gasteiger partial charge in [-0.3, -0.25) is 9.69 Å². The van der Waals surface area contributed by atoms with Gasteiger partial charge in [-0.05, 0) is 63.5 Å². The highest BCUT2D eigenvalue weighted by molar-refractivity contribution is 7.89. The lowest BCUT2D eigenvalue weighted by atomic mass is 10.2. The van der Waals surface area contributed by atoms with E-state index < -0.39 is 10.0 Å². The van der Waals surface area contributed by atoms with Crippen LogP contribution in [-0.4, -0.2) is 75.9 Å². The molecule has 1 amide bonds. The summed E-state index contributed by atoms with van der Waals surface area (Å²) in [6.07, 6.45) is 0.730. The number of amides is 1. The summed E-state index contributed by atoms with van der Waals surface area (Å²) in [5.41, 5.74) is 0.983. The van der Waals surface area contributed by atoms with Crippen LogP contribution in [-0.2, 0) is 10.0 Å². The first kappa shape index (κ1) is 27.3. The van der Waals surface area contributed by atoms with Crippen LogP contribution in [0, 0.1) is 0 Å². The Morgan fingerprint density at radius 1 is 1.06 bits per heavy atom. The monoisotopic (exact) mass is 538 g/mol. The SMILES string of the molecule is CCN(CC)S(=O)(=O)c1ccc(C(=O)N(CCCN(C)C)c2nc3c(OC)ccc(Cl)c3s2)cc1. The van der Waals surface area contributed by atoms with Crippen molar-refractivity contribution in [3.63, 3.8) is 0 Å². The second-order valence-corrected chi connectivity index (χ2v) is 11.5. The molecule has 0 unspecified atom stereocenters. The lowest BCUT2D eigenvalue weighted by Gasteiger charge is -2.22. The Bertz CT molecular complexity index is 1270. The molecule has 2 aromatic carbocycles. The molecular weight excluding hydrogens is 508 g/mol. The molecule has 0 aliphatic rings. The highest BCUT2D eigenvalue weighted by Gasteiger charge is 2.25. The van der Waals surface area contributed by atoms with Crippen LogP contribution in [0.4, 0.5) is 5.13 Å². The normalized spacial score (nSPS) is 12.0. The van der Waals surface area contributed by atoms with Gasteiger partial charge in [-0.1, -0.05) is 36.8 Å². The number of anilines is 1. The number of benzene rings is 2. The first-order valence-electron chi connectivity index (χ1n) is 11.3. The number of sulfonamides is 1. The molecule has 0 aliphatic heterocycles. The van der Waals surface area contributed by atoms with Crippen molar-refractivity contribution in [3.05, 3.63) is 47.0 Å². The maximum absolute atomic E-state index is 13.6. The zero-order valence-corrected chi connectivity index (χ0v) is 23.0. The summed E-state index contributed by atoms with van der Waals surface area (Å²) in [6.45, 7) is 5.58. The van der Waals surface area contributed by atoms with Crippen LogP contribution in [0.3, 0.4) is 0 Å². The van der Waals surface area contributed by atoms with E-state index in [0.717, 1.165) is 17.7 Å². The minimum atomic E-state index is -3.61. The van der Waals surface area contributed by atoms with Crippen LogP contribution in [0.2, 0.25) is 5.02 Å². The molecule has 0 aliphatic carbocycles. The molecule has 35 heavy (non-hydrogen) atoms. The van der Waals surface area contributed by atoms with Crippen LogP contribution in [0.25, 0.3) is 10.2 Å². The van der Waals surface area contributed by atoms with Gasteiger partial charge < -0.3 is 9.64 Å². The predicted molar refractivity (Wildman–Crippen MR) is 143 cm³/mol. The highest BCUT2D eigenvalue weighted by atomic mass is 35.5. The van der Waals surface area contributed by atoms with Crippen LogP contribution < -0.4 is 9.64 Å². The molecule has 1 heterocycles. The van der Waals surface area contributed by atoms with Gasteiger partial charge in [0, 0.05) is 25.2 Å². The molecule has 1 aromatic heterocycles. The molecular formula is C24H31ClN4O4S2. The number of ether oxygens (including phenoxy) is 1. The Labute approximate surface area is 216 Å². The van der Waals surface area contributed by atoms with E-state index in [1.165, 1.54) is 27.8 Å². The number of nitrogens with zero attached hydrogens (tertiary/aromatic N) is 4. The number of hydrogen-bond donors (Lipinski definition) is 0. The summed E-state index contributed by atoms with van der Waals surface area (Å²) in [6, 6.07) is 9.57. The topological polar surface area (TPSA) is 83.1 Å². The van der Waals surface area contributed by atoms with E-state index in [2.05, 4.69) is 4.98 Å². The van der Waals surface area contributed by atoms with Gasteiger partial charge >= 0.3 is 0 Å².